The van der Waals surface area contributed by atoms with Crippen LogP contribution in [-0.4, -0.2) is 32.7 Å². The Morgan fingerprint density at radius 2 is 1.50 bits per heavy atom. The Bertz CT molecular complexity index is 1400. The topological polar surface area (TPSA) is 129 Å². The maximum Gasteiger partial charge on any atom is 0.416 e. The van der Waals surface area contributed by atoms with Gasteiger partial charge in [-0.2, -0.15) is 13.2 Å². The van der Waals surface area contributed by atoms with E-state index >= 15 is 0 Å². The Labute approximate surface area is 215 Å². The van der Waals surface area contributed by atoms with E-state index in [1.807, 2.05) is 0 Å². The number of aromatic nitrogens is 2. The smallest absolute Gasteiger partial charge is 0.416 e. The Morgan fingerprint density at radius 1 is 0.974 bits per heavy atom. The average Bonchev–Trinajstić information content (AvgIpc) is 2.86. The minimum atomic E-state index is -4.42. The fourth-order valence-electron chi connectivity index (χ4n) is 3.64. The zero-order chi connectivity index (χ0) is 28.3. The molecule has 0 saturated carbocycles. The normalized spacial score (nSPS) is 12.6. The third-order valence-corrected chi connectivity index (χ3v) is 6.11. The fraction of sp³-hybridized carbons (Fsp3) is 0.296. The predicted octanol–water partition coefficient (Wildman–Crippen LogP) is 4.80. The van der Waals surface area contributed by atoms with Gasteiger partial charge in [0.1, 0.15) is 5.56 Å². The Balaban J connectivity index is 1.70. The Hall–Kier alpha value is -4.28. The highest BCUT2D eigenvalue weighted by Gasteiger charge is 2.30. The molecule has 1 aromatic heterocycles. The molecule has 200 valence electrons. The molecule has 0 aliphatic rings. The van der Waals surface area contributed by atoms with Gasteiger partial charge >= 0.3 is 12.1 Å². The summed E-state index contributed by atoms with van der Waals surface area (Å²) in [5, 5.41) is 11.7. The highest BCUT2D eigenvalue weighted by molar-refractivity contribution is 5.96. The van der Waals surface area contributed by atoms with Crippen LogP contribution >= 0.6 is 0 Å². The van der Waals surface area contributed by atoms with Gasteiger partial charge in [-0.05, 0) is 49.1 Å². The zero-order valence-corrected chi connectivity index (χ0v) is 20.8. The third kappa shape index (κ3) is 6.72. The lowest BCUT2D eigenvalue weighted by Gasteiger charge is -2.27. The van der Waals surface area contributed by atoms with Crippen molar-refractivity contribution < 1.29 is 32.7 Å². The van der Waals surface area contributed by atoms with Crippen LogP contribution in [0.2, 0.25) is 0 Å². The SMILES string of the molecule is CC(CCC(=O)c1ncc(C(=O)NC(C)(C)c2ccc(-c3ccc(C(F)(F)F)cc3)cc2)c(=O)[nH]1)C(=O)O. The number of ketones is 1. The van der Waals surface area contributed by atoms with Crippen LogP contribution in [0.15, 0.2) is 59.5 Å². The summed E-state index contributed by atoms with van der Waals surface area (Å²) < 4.78 is 38.4. The van der Waals surface area contributed by atoms with Gasteiger partial charge in [-0.25, -0.2) is 4.98 Å². The lowest BCUT2D eigenvalue weighted by molar-refractivity contribution is -0.141. The second-order valence-corrected chi connectivity index (χ2v) is 9.41. The number of amides is 1. The van der Waals surface area contributed by atoms with E-state index in [2.05, 4.69) is 15.3 Å². The van der Waals surface area contributed by atoms with Gasteiger partial charge in [-0.15, -0.1) is 0 Å². The van der Waals surface area contributed by atoms with Gasteiger partial charge < -0.3 is 15.4 Å². The number of carbonyl (C=O) groups is 3. The second-order valence-electron chi connectivity index (χ2n) is 9.41. The molecule has 3 N–H and O–H groups in total. The summed E-state index contributed by atoms with van der Waals surface area (Å²) in [5.74, 6) is -3.31. The minimum Gasteiger partial charge on any atom is -0.481 e. The molecule has 0 aliphatic heterocycles. The zero-order valence-electron chi connectivity index (χ0n) is 20.8. The number of hydrogen-bond acceptors (Lipinski definition) is 5. The fourth-order valence-corrected chi connectivity index (χ4v) is 3.64. The molecule has 0 spiro atoms. The number of Topliss-reactive ketones (excluding diaryl/α,β-unsaturated/α-hetero) is 1. The third-order valence-electron chi connectivity index (χ3n) is 6.11. The van der Waals surface area contributed by atoms with Crippen molar-refractivity contribution in [2.75, 3.05) is 0 Å². The molecule has 8 nitrogen and oxygen atoms in total. The lowest BCUT2D eigenvalue weighted by atomic mass is 9.92. The van der Waals surface area contributed by atoms with Crippen LogP contribution in [0.4, 0.5) is 13.2 Å². The van der Waals surface area contributed by atoms with Crippen LogP contribution < -0.4 is 10.9 Å². The summed E-state index contributed by atoms with van der Waals surface area (Å²) in [6.07, 6.45) is -3.48. The number of carboxylic acid groups (broad SMARTS) is 1. The quantitative estimate of drug-likeness (QED) is 0.342. The molecule has 3 rings (SSSR count). The van der Waals surface area contributed by atoms with Crippen molar-refractivity contribution in [2.24, 2.45) is 5.92 Å². The van der Waals surface area contributed by atoms with Crippen molar-refractivity contribution in [1.29, 1.82) is 0 Å². The number of carboxylic acids is 1. The number of hydrogen-bond donors (Lipinski definition) is 3. The van der Waals surface area contributed by atoms with E-state index in [1.54, 1.807) is 38.1 Å². The molecular weight excluding hydrogens is 503 g/mol. The monoisotopic (exact) mass is 529 g/mol. The number of alkyl halides is 3. The summed E-state index contributed by atoms with van der Waals surface area (Å²) in [6.45, 7) is 4.88. The number of aromatic amines is 1. The first kappa shape index (κ1) is 28.3. The molecule has 1 heterocycles. The van der Waals surface area contributed by atoms with Crippen molar-refractivity contribution in [2.45, 2.75) is 45.3 Å². The standard InChI is InChI=1S/C27H26F3N3O5/c1-15(25(37)38)4-13-21(34)22-31-14-20(23(35)32-22)24(36)33-26(2,3)18-9-5-16(6-10-18)17-7-11-19(12-8-17)27(28,29)30/h5-12,14-15H,4,13H2,1-3H3,(H,33,36)(H,37,38)(H,31,32,35). The molecule has 1 amide bonds. The van der Waals surface area contributed by atoms with Gasteiger partial charge in [0.2, 0.25) is 0 Å². The van der Waals surface area contributed by atoms with E-state index in [4.69, 9.17) is 5.11 Å². The molecule has 0 radical (unpaired) electrons. The maximum atomic E-state index is 12.8. The summed E-state index contributed by atoms with van der Waals surface area (Å²) in [5.41, 5.74) is -0.861. The molecule has 1 unspecified atom stereocenters. The maximum absolute atomic E-state index is 12.8. The molecule has 3 aromatic rings. The van der Waals surface area contributed by atoms with Crippen LogP contribution in [0.3, 0.4) is 0 Å². The molecule has 0 aliphatic carbocycles. The number of benzene rings is 2. The van der Waals surface area contributed by atoms with Crippen molar-refractivity contribution in [3.8, 4) is 11.1 Å². The van der Waals surface area contributed by atoms with Crippen molar-refractivity contribution in [3.63, 3.8) is 0 Å². The van der Waals surface area contributed by atoms with Gasteiger partial charge in [0, 0.05) is 12.6 Å². The molecule has 0 fully saturated rings. The van der Waals surface area contributed by atoms with Gasteiger partial charge in [0.15, 0.2) is 11.6 Å². The molecular formula is C27H26F3N3O5. The van der Waals surface area contributed by atoms with E-state index in [0.717, 1.165) is 18.3 Å². The van der Waals surface area contributed by atoms with Crippen LogP contribution in [0, 0.1) is 5.92 Å². The summed E-state index contributed by atoms with van der Waals surface area (Å²) in [6, 6.07) is 11.6. The minimum absolute atomic E-state index is 0.0754. The lowest BCUT2D eigenvalue weighted by Crippen LogP contribution is -2.43. The molecule has 2 aromatic carbocycles. The van der Waals surface area contributed by atoms with Crippen LogP contribution in [-0.2, 0) is 16.5 Å². The molecule has 38 heavy (non-hydrogen) atoms. The number of carbonyl (C=O) groups excluding carboxylic acids is 2. The number of H-pyrrole nitrogens is 1. The second kappa shape index (κ2) is 11.0. The van der Waals surface area contributed by atoms with Crippen molar-refractivity contribution in [1.82, 2.24) is 15.3 Å². The van der Waals surface area contributed by atoms with Gasteiger partial charge in [0.05, 0.1) is 17.0 Å². The van der Waals surface area contributed by atoms with Gasteiger partial charge in [-0.3, -0.25) is 19.2 Å². The van der Waals surface area contributed by atoms with E-state index in [1.165, 1.54) is 19.1 Å². The largest absolute Gasteiger partial charge is 0.481 e. The molecule has 11 heteroatoms. The van der Waals surface area contributed by atoms with Gasteiger partial charge in [-0.1, -0.05) is 43.3 Å². The van der Waals surface area contributed by atoms with Crippen LogP contribution in [0.25, 0.3) is 11.1 Å². The predicted molar refractivity (Wildman–Crippen MR) is 133 cm³/mol. The molecule has 0 saturated heterocycles. The highest BCUT2D eigenvalue weighted by atomic mass is 19.4. The molecule has 1 atom stereocenters. The number of aliphatic carboxylic acids is 1. The molecule has 0 bridgehead atoms. The first-order chi connectivity index (χ1) is 17.7. The first-order valence-corrected chi connectivity index (χ1v) is 11.6. The number of halogens is 3. The van der Waals surface area contributed by atoms with Crippen LogP contribution in [0.5, 0.6) is 0 Å². The van der Waals surface area contributed by atoms with E-state index in [9.17, 15) is 32.3 Å². The van der Waals surface area contributed by atoms with E-state index in [0.29, 0.717) is 16.7 Å². The Morgan fingerprint density at radius 3 is 1.97 bits per heavy atom. The van der Waals surface area contributed by atoms with Crippen LogP contribution in [0.1, 0.15) is 65.7 Å². The Kier molecular flexibility index (Phi) is 8.19. The van der Waals surface area contributed by atoms with Crippen molar-refractivity contribution >= 4 is 17.7 Å². The summed E-state index contributed by atoms with van der Waals surface area (Å²) >= 11 is 0. The number of nitrogens with zero attached hydrogens (tertiary/aromatic N) is 1. The van der Waals surface area contributed by atoms with E-state index in [-0.39, 0.29) is 24.2 Å². The van der Waals surface area contributed by atoms with E-state index < -0.39 is 46.4 Å². The average molecular weight is 530 g/mol. The summed E-state index contributed by atoms with van der Waals surface area (Å²) in [4.78, 5) is 54.6. The first-order valence-electron chi connectivity index (χ1n) is 11.6. The van der Waals surface area contributed by atoms with Crippen molar-refractivity contribution in [3.05, 3.63) is 87.6 Å². The number of nitrogens with one attached hydrogen (secondary N) is 2. The highest BCUT2D eigenvalue weighted by Crippen LogP contribution is 2.31. The summed E-state index contributed by atoms with van der Waals surface area (Å²) in [7, 11) is 0. The van der Waals surface area contributed by atoms with Gasteiger partial charge in [0.25, 0.3) is 11.5 Å². The number of rotatable bonds is 9.